The van der Waals surface area contributed by atoms with E-state index in [1.54, 1.807) is 18.2 Å². The quantitative estimate of drug-likeness (QED) is 0.301. The number of halogens is 2. The summed E-state index contributed by atoms with van der Waals surface area (Å²) in [6, 6.07) is 10.8. The summed E-state index contributed by atoms with van der Waals surface area (Å²) in [6.45, 7) is 0. The molecular weight excluding hydrogens is 453 g/mol. The third-order valence-corrected chi connectivity index (χ3v) is 6.46. The van der Waals surface area contributed by atoms with E-state index in [-0.39, 0.29) is 4.05 Å². The summed E-state index contributed by atoms with van der Waals surface area (Å²) >= 11 is 8.57. The maximum absolute atomic E-state index is 11.2. The first kappa shape index (κ1) is 16.7. The molecule has 1 aliphatic carbocycles. The van der Waals surface area contributed by atoms with Crippen LogP contribution in [0.3, 0.4) is 0 Å². The number of benzene rings is 2. The first-order valence-corrected chi connectivity index (χ1v) is 9.51. The molecule has 1 unspecified atom stereocenters. The fourth-order valence-electron chi connectivity index (χ4n) is 3.43. The molecule has 2 aromatic rings. The number of rotatable bonds is 2. The van der Waals surface area contributed by atoms with Crippen LogP contribution < -0.4 is 10.7 Å². The van der Waals surface area contributed by atoms with E-state index in [0.717, 1.165) is 35.4 Å². The maximum atomic E-state index is 11.2. The molecule has 2 aromatic carbocycles. The normalized spacial score (nSPS) is 21.5. The van der Waals surface area contributed by atoms with Crippen LogP contribution in [-0.2, 0) is 6.42 Å². The van der Waals surface area contributed by atoms with Gasteiger partial charge in [-0.25, -0.2) is 4.79 Å². The third kappa shape index (κ3) is 2.77. The molecule has 2 aliphatic rings. The van der Waals surface area contributed by atoms with E-state index < -0.39 is 5.97 Å². The molecular formula is C18H15ClIN3O2. The summed E-state index contributed by atoms with van der Waals surface area (Å²) in [5, 5.41) is 16.5. The van der Waals surface area contributed by atoms with E-state index in [0.29, 0.717) is 22.2 Å². The predicted octanol–water partition coefficient (Wildman–Crippen LogP) is 4.17. The van der Waals surface area contributed by atoms with Crippen LogP contribution in [0.5, 0.6) is 0 Å². The minimum absolute atomic E-state index is 0.180. The van der Waals surface area contributed by atoms with Crippen molar-refractivity contribution in [3.05, 3.63) is 58.1 Å². The molecule has 1 heterocycles. The molecule has 0 saturated carbocycles. The number of fused-ring (bicyclic) bond motifs is 3. The lowest BCUT2D eigenvalue weighted by molar-refractivity contribution is 0.0696. The second-order valence-electron chi connectivity index (χ2n) is 6.23. The van der Waals surface area contributed by atoms with Crippen molar-refractivity contribution in [1.29, 1.82) is 0 Å². The van der Waals surface area contributed by atoms with Gasteiger partial charge in [0.15, 0.2) is 0 Å². The van der Waals surface area contributed by atoms with Crippen molar-refractivity contribution in [1.82, 2.24) is 0 Å². The monoisotopic (exact) mass is 467 g/mol. The molecule has 1 aliphatic heterocycles. The number of carboxylic acid groups (broad SMARTS) is 1. The number of nitrogen functional groups attached to an aromatic ring is 1. The number of hydrogen-bond acceptors (Lipinski definition) is 4. The molecule has 7 heteroatoms. The lowest BCUT2D eigenvalue weighted by Crippen LogP contribution is -2.30. The zero-order valence-electron chi connectivity index (χ0n) is 13.1. The Morgan fingerprint density at radius 2 is 2.12 bits per heavy atom. The smallest absolute Gasteiger partial charge is 0.335 e. The van der Waals surface area contributed by atoms with Crippen molar-refractivity contribution >= 4 is 57.2 Å². The molecule has 0 saturated heterocycles. The predicted molar refractivity (Wildman–Crippen MR) is 108 cm³/mol. The Balaban J connectivity index is 1.75. The average molecular weight is 468 g/mol. The number of hydrogen-bond donors (Lipinski definition) is 2. The highest BCUT2D eigenvalue weighted by Gasteiger charge is 2.40. The molecule has 0 spiro atoms. The van der Waals surface area contributed by atoms with E-state index in [1.807, 2.05) is 23.2 Å². The zero-order valence-corrected chi connectivity index (χ0v) is 16.0. The SMILES string of the molecule is Nc1ccc(N2N=C3c4ccc(C(=O)O)cc4CC[C@H]3C2I)cc1Cl. The van der Waals surface area contributed by atoms with Crippen LogP contribution >= 0.6 is 34.2 Å². The number of carboxylic acids is 1. The number of alkyl halides is 1. The molecule has 3 N–H and O–H groups in total. The second-order valence-corrected chi connectivity index (χ2v) is 7.91. The standard InChI is InChI=1S/C18H15ClIN3O2/c19-14-8-11(3-6-15(14)21)23-17(20)13-5-1-9-7-10(18(24)25)2-4-12(9)16(13)22-23/h2-4,6-8,13,17H,1,5,21H2,(H,24,25)/t13-,17?/m1/s1. The summed E-state index contributed by atoms with van der Waals surface area (Å²) in [5.41, 5.74) is 10.7. The molecule has 5 nitrogen and oxygen atoms in total. The van der Waals surface area contributed by atoms with E-state index in [4.69, 9.17) is 22.4 Å². The fraction of sp³-hybridized carbons (Fsp3) is 0.222. The Labute approximate surface area is 163 Å². The molecule has 0 aromatic heterocycles. The average Bonchev–Trinajstić information content (AvgIpc) is 2.94. The van der Waals surface area contributed by atoms with Crippen LogP contribution in [0.1, 0.15) is 27.9 Å². The van der Waals surface area contributed by atoms with Crippen LogP contribution in [-0.4, -0.2) is 20.8 Å². The number of hydrazone groups is 1. The second kappa shape index (κ2) is 6.17. The van der Waals surface area contributed by atoms with E-state index in [1.165, 1.54) is 0 Å². The van der Waals surface area contributed by atoms with Crippen LogP contribution in [0.2, 0.25) is 5.02 Å². The van der Waals surface area contributed by atoms with Gasteiger partial charge in [-0.2, -0.15) is 5.10 Å². The van der Waals surface area contributed by atoms with Gasteiger partial charge in [0.25, 0.3) is 0 Å². The first-order valence-electron chi connectivity index (χ1n) is 7.89. The first-order chi connectivity index (χ1) is 12.0. The molecule has 0 bridgehead atoms. The number of aromatic carboxylic acids is 1. The highest BCUT2D eigenvalue weighted by Crippen LogP contribution is 2.41. The molecule has 4 rings (SSSR count). The van der Waals surface area contributed by atoms with E-state index >= 15 is 0 Å². The Hall–Kier alpha value is -1.80. The van der Waals surface area contributed by atoms with Gasteiger partial charge in [0, 0.05) is 11.5 Å². The third-order valence-electron chi connectivity index (χ3n) is 4.73. The van der Waals surface area contributed by atoms with Gasteiger partial charge < -0.3 is 10.8 Å². The summed E-state index contributed by atoms with van der Waals surface area (Å²) in [5.74, 6) is -0.594. The van der Waals surface area contributed by atoms with Gasteiger partial charge >= 0.3 is 5.97 Å². The summed E-state index contributed by atoms with van der Waals surface area (Å²) in [6.07, 6.45) is 1.80. The van der Waals surface area contributed by atoms with Crippen LogP contribution in [0, 0.1) is 5.92 Å². The number of carbonyl (C=O) groups is 1. The lowest BCUT2D eigenvalue weighted by atomic mass is 9.82. The number of nitrogens with two attached hydrogens (primary N) is 1. The van der Waals surface area contributed by atoms with Gasteiger partial charge in [-0.15, -0.1) is 0 Å². The summed E-state index contributed by atoms with van der Waals surface area (Å²) < 4.78 is 0.180. The van der Waals surface area contributed by atoms with Crippen LogP contribution in [0.4, 0.5) is 11.4 Å². The maximum Gasteiger partial charge on any atom is 0.335 e. The molecule has 0 amide bonds. The van der Waals surface area contributed by atoms with Gasteiger partial charge in [-0.1, -0.05) is 40.3 Å². The highest BCUT2D eigenvalue weighted by molar-refractivity contribution is 14.1. The van der Waals surface area contributed by atoms with Crippen molar-refractivity contribution in [2.75, 3.05) is 10.7 Å². The number of nitrogens with zero attached hydrogens (tertiary/aromatic N) is 2. The largest absolute Gasteiger partial charge is 0.478 e. The zero-order chi connectivity index (χ0) is 17.7. The van der Waals surface area contributed by atoms with Crippen molar-refractivity contribution in [3.8, 4) is 0 Å². The number of anilines is 2. The van der Waals surface area contributed by atoms with Gasteiger partial charge in [0.05, 0.1) is 27.7 Å². The fourth-order valence-corrected chi connectivity index (χ4v) is 4.75. The van der Waals surface area contributed by atoms with Crippen LogP contribution in [0.15, 0.2) is 41.5 Å². The van der Waals surface area contributed by atoms with Crippen LogP contribution in [0.25, 0.3) is 0 Å². The minimum Gasteiger partial charge on any atom is -0.478 e. The van der Waals surface area contributed by atoms with Crippen molar-refractivity contribution in [3.63, 3.8) is 0 Å². The Morgan fingerprint density at radius 3 is 2.84 bits per heavy atom. The lowest BCUT2D eigenvalue weighted by Gasteiger charge is -2.26. The van der Waals surface area contributed by atoms with E-state index in [9.17, 15) is 9.90 Å². The van der Waals surface area contributed by atoms with Gasteiger partial charge in [0.1, 0.15) is 4.05 Å². The summed E-state index contributed by atoms with van der Waals surface area (Å²) in [7, 11) is 0. The molecule has 128 valence electrons. The Morgan fingerprint density at radius 1 is 1.32 bits per heavy atom. The highest BCUT2D eigenvalue weighted by atomic mass is 127. The topological polar surface area (TPSA) is 78.9 Å². The van der Waals surface area contributed by atoms with Crippen molar-refractivity contribution in [2.45, 2.75) is 16.9 Å². The molecule has 25 heavy (non-hydrogen) atoms. The molecule has 2 atom stereocenters. The Bertz CT molecular complexity index is 915. The van der Waals surface area contributed by atoms with Gasteiger partial charge in [-0.05, 0) is 48.7 Å². The van der Waals surface area contributed by atoms with Crippen molar-refractivity contribution in [2.24, 2.45) is 11.0 Å². The summed E-state index contributed by atoms with van der Waals surface area (Å²) in [4.78, 5) is 11.2. The minimum atomic E-state index is -0.900. The van der Waals surface area contributed by atoms with Gasteiger partial charge in [0.2, 0.25) is 0 Å². The Kier molecular flexibility index (Phi) is 4.11. The number of aryl methyl sites for hydroxylation is 1. The van der Waals surface area contributed by atoms with Crippen molar-refractivity contribution < 1.29 is 9.90 Å². The molecule has 0 fully saturated rings. The van der Waals surface area contributed by atoms with Gasteiger partial charge in [-0.3, -0.25) is 5.01 Å². The molecule has 0 radical (unpaired) electrons. The van der Waals surface area contributed by atoms with E-state index in [2.05, 4.69) is 22.6 Å².